The highest BCUT2D eigenvalue weighted by Crippen LogP contribution is 2.38. The Morgan fingerprint density at radius 3 is 1.02 bits per heavy atom. The normalized spacial score (nSPS) is 25.6. The van der Waals surface area contributed by atoms with Crippen LogP contribution in [0.4, 0.5) is 0 Å². The van der Waals surface area contributed by atoms with Gasteiger partial charge in [0, 0.05) is 55.5 Å². The summed E-state index contributed by atoms with van der Waals surface area (Å²) in [4.78, 5) is 121. The van der Waals surface area contributed by atoms with Crippen LogP contribution in [0.2, 0.25) is 0 Å². The monoisotopic (exact) mass is 1420 g/mol. The molecule has 9 aliphatic carbocycles. The van der Waals surface area contributed by atoms with Crippen molar-refractivity contribution in [3.63, 3.8) is 0 Å². The Balaban J connectivity index is 0.000000140. The van der Waals surface area contributed by atoms with E-state index in [-0.39, 0.29) is 89.4 Å². The maximum Gasteiger partial charge on any atom is 0.262 e. The van der Waals surface area contributed by atoms with Gasteiger partial charge in [-0.2, -0.15) is 4.99 Å². The number of aliphatic hydroxyl groups is 1. The standard InChI is InChI=1S/3C13H10ClNO2.C6H6ClNO.C5H8ClN.C5H7ClO.C5H5ClO.C5H6O2.C5H6O/c3*14-10-6-3-7-11(10)15-12(16)8-4-1-2-5-9(8)13(15)17;7-5-2-1-3-6(5)8-4-9;3*6-4-2-1-3-5(4)7;6-3-1-2-4-5(3)7-4;6-5-3-1-2-4-5/h3*1-2,4-6,11H,3,7H2;2,6H,1,3H2;2,5H,1,3,7H2;2,5,7H,1,3H2;2H,1,3H2;4-5H,1-2H2;1,3H,2,4H2/t2*11-;;6-;5-;;;;/m10.11..../s1. The summed E-state index contributed by atoms with van der Waals surface area (Å²) < 4.78 is 4.92. The number of hydrogen-bond donors (Lipinski definition) is 2. The first-order valence-electron chi connectivity index (χ1n) is 30.9. The van der Waals surface area contributed by atoms with Gasteiger partial charge in [0.05, 0.1) is 74.8 Å². The van der Waals surface area contributed by atoms with Crippen LogP contribution in [0, 0.1) is 0 Å². The summed E-state index contributed by atoms with van der Waals surface area (Å²) >= 11 is 40.2. The minimum atomic E-state index is -0.360. The average molecular weight is 1420 g/mol. The quantitative estimate of drug-likeness (QED) is 0.107. The predicted octanol–water partition coefficient (Wildman–Crippen LogP) is 14.3. The number of nitrogens with zero attached hydrogens (tertiary/aromatic N) is 4. The predicted molar refractivity (Wildman–Crippen MR) is 362 cm³/mol. The van der Waals surface area contributed by atoms with Gasteiger partial charge >= 0.3 is 0 Å². The topological polar surface area (TPSA) is 252 Å². The van der Waals surface area contributed by atoms with Crippen molar-refractivity contribution in [1.82, 2.24) is 14.7 Å². The van der Waals surface area contributed by atoms with Crippen molar-refractivity contribution in [2.75, 3.05) is 0 Å². The highest BCUT2D eigenvalue weighted by molar-refractivity contribution is 6.43. The van der Waals surface area contributed by atoms with Crippen LogP contribution in [0.5, 0.6) is 0 Å². The SMILES string of the molecule is N[C@@H]1CCC=C1Cl.O=C1C=CCC1.O=C1CCC2OC12.O=C1CCC=C1Cl.O=C1c2ccccc2C(=O)N1C1CCC=C1Cl.O=C1c2ccccc2C(=O)N1[C@@H]1CCC=C1Cl.O=C1c2ccccc2C(=O)N1[C@H]1CCC=C1Cl.O=C=N[C@@H]1CCC=C1Cl.OC1CCC=C1Cl. The molecule has 24 heteroatoms. The summed E-state index contributed by atoms with van der Waals surface area (Å²) in [6, 6.07) is 19.9. The number of nitrogens with two attached hydrogens (primary N) is 1. The molecule has 1 saturated heterocycles. The number of isocyanates is 1. The number of benzene rings is 3. The second-order valence-electron chi connectivity index (χ2n) is 23.0. The summed E-state index contributed by atoms with van der Waals surface area (Å²) in [7, 11) is 0. The van der Waals surface area contributed by atoms with Gasteiger partial charge in [0.2, 0.25) is 6.08 Å². The fourth-order valence-electron chi connectivity index (χ4n) is 11.5. The van der Waals surface area contributed by atoms with Gasteiger partial charge in [0.25, 0.3) is 35.4 Å². The van der Waals surface area contributed by atoms with E-state index in [4.69, 9.17) is 96.8 Å². The van der Waals surface area contributed by atoms with Crippen molar-refractivity contribution in [2.45, 2.75) is 164 Å². The second-order valence-corrected chi connectivity index (χ2v) is 26.0. The van der Waals surface area contributed by atoms with E-state index in [1.165, 1.54) is 20.8 Å². The third-order valence-corrected chi connectivity index (χ3v) is 19.5. The van der Waals surface area contributed by atoms with Gasteiger partial charge in [0.1, 0.15) is 6.10 Å². The van der Waals surface area contributed by atoms with E-state index >= 15 is 0 Å². The average Bonchev–Trinajstić information content (AvgIpc) is 1.64. The first kappa shape index (κ1) is 73.1. The van der Waals surface area contributed by atoms with Gasteiger partial charge in [-0.15, -0.1) is 0 Å². The van der Waals surface area contributed by atoms with E-state index in [2.05, 4.69) is 4.99 Å². The molecule has 3 N–H and O–H groups in total. The molecule has 4 unspecified atom stereocenters. The molecule has 0 spiro atoms. The number of Topliss-reactive ketones (excluding diaryl/α,β-unsaturated/α-hetero) is 2. The smallest absolute Gasteiger partial charge is 0.262 e. The molecular weight excluding hydrogens is 1350 g/mol. The number of hydrogen-bond acceptors (Lipinski definition) is 14. The molecule has 16 rings (SSSR count). The molecule has 94 heavy (non-hydrogen) atoms. The van der Waals surface area contributed by atoms with Crippen LogP contribution in [0.3, 0.4) is 0 Å². The molecule has 2 fully saturated rings. The largest absolute Gasteiger partial charge is 0.388 e. The molecule has 8 atom stereocenters. The molecule has 0 aromatic heterocycles. The van der Waals surface area contributed by atoms with Gasteiger partial charge in [-0.25, -0.2) is 4.79 Å². The van der Waals surface area contributed by atoms with E-state index in [1.54, 1.807) is 84.9 Å². The Labute approximate surface area is 579 Å². The van der Waals surface area contributed by atoms with E-state index in [9.17, 15) is 47.9 Å². The van der Waals surface area contributed by atoms with Crippen molar-refractivity contribution in [1.29, 1.82) is 0 Å². The number of carbonyl (C=O) groups is 9. The van der Waals surface area contributed by atoms with E-state index in [1.807, 2.05) is 42.5 Å². The van der Waals surface area contributed by atoms with Gasteiger partial charge in [-0.1, -0.05) is 166 Å². The third kappa shape index (κ3) is 18.4. The fourth-order valence-corrected chi connectivity index (χ4v) is 13.4. The number of ketones is 3. The molecule has 4 aliphatic heterocycles. The maximum atomic E-state index is 12.2. The lowest BCUT2D eigenvalue weighted by Gasteiger charge is -2.22. The lowest BCUT2D eigenvalue weighted by Crippen LogP contribution is -2.38. The minimum Gasteiger partial charge on any atom is -0.388 e. The Morgan fingerprint density at radius 2 is 0.840 bits per heavy atom. The number of epoxide rings is 1. The van der Waals surface area contributed by atoms with Crippen LogP contribution in [0.1, 0.15) is 178 Å². The molecule has 17 nitrogen and oxygen atoms in total. The van der Waals surface area contributed by atoms with E-state index < -0.39 is 0 Å². The van der Waals surface area contributed by atoms with Crippen LogP contribution in [-0.4, -0.2) is 127 Å². The molecule has 6 amide bonds. The Morgan fingerprint density at radius 1 is 0.447 bits per heavy atom. The molecule has 494 valence electrons. The summed E-state index contributed by atoms with van der Waals surface area (Å²) in [5.41, 5.74) is 8.36. The minimum absolute atomic E-state index is 0.0417. The lowest BCUT2D eigenvalue weighted by atomic mass is 10.1. The van der Waals surface area contributed by atoms with Crippen LogP contribution in [0.25, 0.3) is 0 Å². The highest BCUT2D eigenvalue weighted by atomic mass is 35.5. The number of aliphatic imine (C=N–C) groups is 1. The first-order valence-corrected chi connectivity index (χ1v) is 33.6. The third-order valence-electron chi connectivity index (χ3n) is 16.7. The summed E-state index contributed by atoms with van der Waals surface area (Å²) in [5, 5.41) is 13.1. The van der Waals surface area contributed by atoms with Gasteiger partial charge < -0.3 is 15.6 Å². The van der Waals surface area contributed by atoms with Gasteiger partial charge in [0.15, 0.2) is 17.3 Å². The molecular formula is C70H68Cl7N5O12. The van der Waals surface area contributed by atoms with Crippen LogP contribution in [0.15, 0.2) is 168 Å². The molecule has 3 aromatic carbocycles. The number of imide groups is 3. The summed E-state index contributed by atoms with van der Waals surface area (Å²) in [6.07, 6.45) is 33.2. The Hall–Kier alpha value is -6.70. The molecule has 0 radical (unpaired) electrons. The molecule has 13 aliphatic rings. The van der Waals surface area contributed by atoms with E-state index in [0.717, 1.165) is 114 Å². The van der Waals surface area contributed by atoms with Crippen molar-refractivity contribution in [3.05, 3.63) is 196 Å². The highest BCUT2D eigenvalue weighted by Gasteiger charge is 2.50. The van der Waals surface area contributed by atoms with Gasteiger partial charge in [-0.3, -0.25) is 57.9 Å². The number of amides is 6. The molecule has 3 aromatic rings. The lowest BCUT2D eigenvalue weighted by molar-refractivity contribution is -0.120. The zero-order chi connectivity index (χ0) is 67.8. The maximum absolute atomic E-state index is 12.2. The summed E-state index contributed by atoms with van der Waals surface area (Å²) in [6.45, 7) is 0. The number of rotatable bonds is 4. The number of halogens is 7. The second kappa shape index (κ2) is 34.8. The zero-order valence-electron chi connectivity index (χ0n) is 50.9. The Bertz CT molecular complexity index is 3400. The van der Waals surface area contributed by atoms with Crippen LogP contribution >= 0.6 is 81.2 Å². The van der Waals surface area contributed by atoms with E-state index in [0.29, 0.717) is 81.9 Å². The van der Waals surface area contributed by atoms with Crippen LogP contribution < -0.4 is 5.73 Å². The van der Waals surface area contributed by atoms with Crippen LogP contribution in [-0.2, 0) is 23.9 Å². The van der Waals surface area contributed by atoms with Crippen molar-refractivity contribution >= 4 is 140 Å². The van der Waals surface area contributed by atoms with Crippen molar-refractivity contribution in [2.24, 2.45) is 10.7 Å². The number of allylic oxidation sites excluding steroid dienone is 10. The van der Waals surface area contributed by atoms with Crippen molar-refractivity contribution in [3.8, 4) is 0 Å². The zero-order valence-corrected chi connectivity index (χ0v) is 56.2. The fraction of sp³-hybridized carbons (Fsp3) is 0.371. The molecule has 4 heterocycles. The van der Waals surface area contributed by atoms with Gasteiger partial charge in [-0.05, 0) is 139 Å². The number of carbonyl (C=O) groups excluding carboxylic acids is 10. The summed E-state index contributed by atoms with van der Waals surface area (Å²) in [5.74, 6) is -0.726. The molecule has 1 saturated carbocycles. The Kier molecular flexibility index (Phi) is 27.1. The van der Waals surface area contributed by atoms with Crippen molar-refractivity contribution < 1.29 is 57.8 Å². The first-order chi connectivity index (χ1) is 45.1. The number of aliphatic hydroxyl groups excluding tert-OH is 1. The number of fused-ring (bicyclic) bond motifs is 4. The number of ether oxygens (including phenoxy) is 1. The molecule has 0 bridgehead atoms.